The molecule has 0 fully saturated rings. The average molecular weight is 186 g/mol. The lowest BCUT2D eigenvalue weighted by Crippen LogP contribution is -2.22. The van der Waals surface area contributed by atoms with E-state index in [-0.39, 0.29) is 5.91 Å². The molecule has 0 aliphatic rings. The summed E-state index contributed by atoms with van der Waals surface area (Å²) in [5.41, 5.74) is 0.725. The SMILES string of the molecule is O=C(CCS)NCc1ccon1. The molecule has 0 saturated heterocycles. The summed E-state index contributed by atoms with van der Waals surface area (Å²) in [6.07, 6.45) is 1.90. The molecule has 1 N–H and O–H groups in total. The lowest BCUT2D eigenvalue weighted by molar-refractivity contribution is -0.120. The van der Waals surface area contributed by atoms with Crippen molar-refractivity contribution in [1.82, 2.24) is 10.5 Å². The minimum atomic E-state index is -0.0204. The second kappa shape index (κ2) is 4.82. The van der Waals surface area contributed by atoms with Crippen molar-refractivity contribution in [3.8, 4) is 0 Å². The molecule has 0 saturated carbocycles. The maximum atomic E-state index is 10.9. The van der Waals surface area contributed by atoms with Crippen molar-refractivity contribution in [2.45, 2.75) is 13.0 Å². The summed E-state index contributed by atoms with van der Waals surface area (Å²) in [5, 5.41) is 6.32. The van der Waals surface area contributed by atoms with Crippen molar-refractivity contribution in [1.29, 1.82) is 0 Å². The molecule has 66 valence electrons. The van der Waals surface area contributed by atoms with Crippen molar-refractivity contribution in [2.24, 2.45) is 0 Å². The van der Waals surface area contributed by atoms with E-state index in [9.17, 15) is 4.79 Å². The normalized spacial score (nSPS) is 9.75. The molecular formula is C7H10N2O2S. The second-order valence-electron chi connectivity index (χ2n) is 2.24. The Hall–Kier alpha value is -0.970. The van der Waals surface area contributed by atoms with E-state index in [1.54, 1.807) is 6.07 Å². The predicted octanol–water partition coefficient (Wildman–Crippen LogP) is 0.611. The topological polar surface area (TPSA) is 55.1 Å². The lowest BCUT2D eigenvalue weighted by atomic mass is 10.4. The molecule has 0 atom stereocenters. The third-order valence-electron chi connectivity index (χ3n) is 1.30. The summed E-state index contributed by atoms with van der Waals surface area (Å²) in [4.78, 5) is 10.9. The number of rotatable bonds is 4. The van der Waals surface area contributed by atoms with Crippen LogP contribution in [0.2, 0.25) is 0 Å². The summed E-state index contributed by atoms with van der Waals surface area (Å²) < 4.78 is 4.59. The second-order valence-corrected chi connectivity index (χ2v) is 2.69. The number of carbonyl (C=O) groups excluding carboxylic acids is 1. The van der Waals surface area contributed by atoms with Gasteiger partial charge >= 0.3 is 0 Å². The zero-order valence-corrected chi connectivity index (χ0v) is 7.38. The van der Waals surface area contributed by atoms with Crippen LogP contribution in [0.1, 0.15) is 12.1 Å². The molecule has 1 aromatic heterocycles. The van der Waals surface area contributed by atoms with Gasteiger partial charge in [0.1, 0.15) is 12.0 Å². The zero-order valence-electron chi connectivity index (χ0n) is 6.49. The zero-order chi connectivity index (χ0) is 8.81. The van der Waals surface area contributed by atoms with Crippen molar-refractivity contribution in [3.05, 3.63) is 18.0 Å². The lowest BCUT2D eigenvalue weighted by Gasteiger charge is -1.99. The van der Waals surface area contributed by atoms with Crippen LogP contribution in [0.25, 0.3) is 0 Å². The van der Waals surface area contributed by atoms with Gasteiger partial charge in [0.05, 0.1) is 6.54 Å². The van der Waals surface area contributed by atoms with Crippen LogP contribution in [0.3, 0.4) is 0 Å². The van der Waals surface area contributed by atoms with Gasteiger partial charge in [0.15, 0.2) is 0 Å². The maximum Gasteiger partial charge on any atom is 0.221 e. The monoisotopic (exact) mass is 186 g/mol. The molecule has 1 rings (SSSR count). The Bertz CT molecular complexity index is 236. The van der Waals surface area contributed by atoms with Crippen molar-refractivity contribution in [3.63, 3.8) is 0 Å². The quantitative estimate of drug-likeness (QED) is 0.677. The first-order valence-electron chi connectivity index (χ1n) is 3.59. The number of amides is 1. The van der Waals surface area contributed by atoms with E-state index < -0.39 is 0 Å². The van der Waals surface area contributed by atoms with Crippen LogP contribution >= 0.6 is 12.6 Å². The van der Waals surface area contributed by atoms with Crippen LogP contribution in [-0.4, -0.2) is 16.8 Å². The molecule has 5 heteroatoms. The fourth-order valence-corrected chi connectivity index (χ4v) is 0.911. The van der Waals surface area contributed by atoms with Crippen LogP contribution in [0, 0.1) is 0 Å². The highest BCUT2D eigenvalue weighted by atomic mass is 32.1. The van der Waals surface area contributed by atoms with Crippen LogP contribution in [0.15, 0.2) is 16.9 Å². The number of nitrogens with zero attached hydrogens (tertiary/aromatic N) is 1. The largest absolute Gasteiger partial charge is 0.364 e. The predicted molar refractivity (Wildman–Crippen MR) is 46.8 cm³/mol. The van der Waals surface area contributed by atoms with Crippen LogP contribution < -0.4 is 5.32 Å². The standard InChI is InChI=1S/C7H10N2O2S/c10-7(2-4-12)8-5-6-1-3-11-9-6/h1,3,12H,2,4-5H2,(H,8,10). The average Bonchev–Trinajstić information content (AvgIpc) is 2.53. The van der Waals surface area contributed by atoms with Gasteiger partial charge in [0.25, 0.3) is 0 Å². The first kappa shape index (κ1) is 9.12. The van der Waals surface area contributed by atoms with Crippen LogP contribution in [0.4, 0.5) is 0 Å². The van der Waals surface area contributed by atoms with Crippen LogP contribution in [-0.2, 0) is 11.3 Å². The van der Waals surface area contributed by atoms with E-state index >= 15 is 0 Å². The smallest absolute Gasteiger partial charge is 0.221 e. The molecule has 0 aliphatic carbocycles. The molecule has 12 heavy (non-hydrogen) atoms. The minimum Gasteiger partial charge on any atom is -0.364 e. The number of nitrogens with one attached hydrogen (secondary N) is 1. The van der Waals surface area contributed by atoms with Crippen molar-refractivity contribution >= 4 is 18.5 Å². The Morgan fingerprint density at radius 1 is 1.75 bits per heavy atom. The Balaban J connectivity index is 2.22. The summed E-state index contributed by atoms with van der Waals surface area (Å²) in [6, 6.07) is 1.71. The third-order valence-corrected chi connectivity index (χ3v) is 1.52. The number of thiol groups is 1. The molecule has 0 aliphatic heterocycles. The molecule has 1 aromatic rings. The maximum absolute atomic E-state index is 10.9. The van der Waals surface area contributed by atoms with E-state index in [4.69, 9.17) is 0 Å². The molecule has 1 amide bonds. The highest BCUT2D eigenvalue weighted by Crippen LogP contribution is 1.93. The van der Waals surface area contributed by atoms with Gasteiger partial charge < -0.3 is 9.84 Å². The molecule has 0 spiro atoms. The Labute approximate surface area is 75.7 Å². The molecule has 0 bridgehead atoms. The van der Waals surface area contributed by atoms with Gasteiger partial charge in [0, 0.05) is 12.5 Å². The number of hydrogen-bond donors (Lipinski definition) is 2. The third kappa shape index (κ3) is 2.96. The molecule has 4 nitrogen and oxygen atoms in total. The van der Waals surface area contributed by atoms with Gasteiger partial charge in [-0.25, -0.2) is 0 Å². The van der Waals surface area contributed by atoms with Crippen molar-refractivity contribution < 1.29 is 9.32 Å². The Kier molecular flexibility index (Phi) is 3.66. The van der Waals surface area contributed by atoms with E-state index in [2.05, 4.69) is 27.6 Å². The summed E-state index contributed by atoms with van der Waals surface area (Å²) in [5.74, 6) is 0.540. The Morgan fingerprint density at radius 2 is 2.58 bits per heavy atom. The van der Waals surface area contributed by atoms with Gasteiger partial charge in [-0.2, -0.15) is 12.6 Å². The minimum absolute atomic E-state index is 0.0204. The number of aromatic nitrogens is 1. The fourth-order valence-electron chi connectivity index (χ4n) is 0.708. The molecule has 0 radical (unpaired) electrons. The summed E-state index contributed by atoms with van der Waals surface area (Å²) >= 11 is 3.93. The van der Waals surface area contributed by atoms with Crippen LogP contribution in [0.5, 0.6) is 0 Å². The first-order valence-corrected chi connectivity index (χ1v) is 4.23. The fraction of sp³-hybridized carbons (Fsp3) is 0.429. The van der Waals surface area contributed by atoms with Gasteiger partial charge in [-0.15, -0.1) is 0 Å². The highest BCUT2D eigenvalue weighted by molar-refractivity contribution is 7.80. The van der Waals surface area contributed by atoms with E-state index in [1.807, 2.05) is 0 Å². The molecule has 1 heterocycles. The molecular weight excluding hydrogens is 176 g/mol. The summed E-state index contributed by atoms with van der Waals surface area (Å²) in [7, 11) is 0. The highest BCUT2D eigenvalue weighted by Gasteiger charge is 2.00. The first-order chi connectivity index (χ1) is 5.83. The molecule has 0 aromatic carbocycles. The van der Waals surface area contributed by atoms with Gasteiger partial charge in [-0.05, 0) is 5.75 Å². The van der Waals surface area contributed by atoms with Gasteiger partial charge in [0.2, 0.25) is 5.91 Å². The van der Waals surface area contributed by atoms with E-state index in [0.717, 1.165) is 5.69 Å². The number of hydrogen-bond acceptors (Lipinski definition) is 4. The Morgan fingerprint density at radius 3 is 3.17 bits per heavy atom. The van der Waals surface area contributed by atoms with E-state index in [0.29, 0.717) is 18.7 Å². The summed E-state index contributed by atoms with van der Waals surface area (Å²) in [6.45, 7) is 0.420. The van der Waals surface area contributed by atoms with E-state index in [1.165, 1.54) is 6.26 Å². The number of carbonyl (C=O) groups is 1. The van der Waals surface area contributed by atoms with Gasteiger partial charge in [-0.3, -0.25) is 4.79 Å². The van der Waals surface area contributed by atoms with Crippen molar-refractivity contribution in [2.75, 3.05) is 5.75 Å². The van der Waals surface area contributed by atoms with Gasteiger partial charge in [-0.1, -0.05) is 5.16 Å². The molecule has 0 unspecified atom stereocenters.